The summed E-state index contributed by atoms with van der Waals surface area (Å²) in [5.41, 5.74) is 1.52. The molecule has 1 saturated carbocycles. The number of allylic oxidation sites excluding steroid dienone is 2. The highest BCUT2D eigenvalue weighted by molar-refractivity contribution is 5.91. The Bertz CT molecular complexity index is 324. The van der Waals surface area contributed by atoms with Gasteiger partial charge in [0.2, 0.25) is 0 Å². The molecule has 1 unspecified atom stereocenters. The maximum absolute atomic E-state index is 12.3. The van der Waals surface area contributed by atoms with Crippen LogP contribution in [0.5, 0.6) is 0 Å². The Kier molecular flexibility index (Phi) is 2.33. The van der Waals surface area contributed by atoms with E-state index < -0.39 is 0 Å². The smallest absolute Gasteiger partial charge is 0.145 e. The standard InChI is InChI=1S/C14H22O/c1-10-6-7-11-13(2,3)8-5-9-14(11,4)12(10)15/h7,10H,5-6,8-9H2,1-4H3/t10-,14?/m1/s1. The van der Waals surface area contributed by atoms with E-state index in [-0.39, 0.29) is 16.7 Å². The Balaban J connectivity index is 2.47. The third-order valence-electron chi connectivity index (χ3n) is 4.47. The molecule has 2 aliphatic rings. The second-order valence-corrected chi connectivity index (χ2v) is 6.19. The molecule has 0 aliphatic heterocycles. The predicted octanol–water partition coefficient (Wildman–Crippen LogP) is 3.74. The fourth-order valence-corrected chi connectivity index (χ4v) is 3.60. The molecule has 0 spiro atoms. The van der Waals surface area contributed by atoms with Gasteiger partial charge in [0.25, 0.3) is 0 Å². The summed E-state index contributed by atoms with van der Waals surface area (Å²) in [6, 6.07) is 0. The second-order valence-electron chi connectivity index (χ2n) is 6.19. The minimum atomic E-state index is -0.139. The van der Waals surface area contributed by atoms with Crippen molar-refractivity contribution in [3.05, 3.63) is 11.6 Å². The highest BCUT2D eigenvalue weighted by atomic mass is 16.1. The molecule has 1 fully saturated rings. The number of carbonyl (C=O) groups excluding carboxylic acids is 1. The van der Waals surface area contributed by atoms with Gasteiger partial charge in [-0.1, -0.05) is 38.8 Å². The van der Waals surface area contributed by atoms with Crippen LogP contribution in [0.15, 0.2) is 11.6 Å². The van der Waals surface area contributed by atoms with Gasteiger partial charge < -0.3 is 0 Å². The lowest BCUT2D eigenvalue weighted by Gasteiger charge is -2.48. The molecule has 0 aromatic rings. The molecule has 2 aliphatic carbocycles. The number of hydrogen-bond acceptors (Lipinski definition) is 1. The van der Waals surface area contributed by atoms with Gasteiger partial charge in [-0.2, -0.15) is 0 Å². The SMILES string of the molecule is C[C@@H]1CC=C2C(C)(C)CCCC2(C)C1=O. The Labute approximate surface area is 92.9 Å². The first kappa shape index (κ1) is 10.9. The molecule has 15 heavy (non-hydrogen) atoms. The van der Waals surface area contributed by atoms with Crippen molar-refractivity contribution in [3.63, 3.8) is 0 Å². The molecule has 0 radical (unpaired) electrons. The van der Waals surface area contributed by atoms with Crippen LogP contribution >= 0.6 is 0 Å². The molecule has 84 valence electrons. The number of Topliss-reactive ketones (excluding diaryl/α,β-unsaturated/α-hetero) is 1. The van der Waals surface area contributed by atoms with Gasteiger partial charge in [0.1, 0.15) is 5.78 Å². The zero-order valence-electron chi connectivity index (χ0n) is 10.4. The Morgan fingerprint density at radius 1 is 1.27 bits per heavy atom. The van der Waals surface area contributed by atoms with Gasteiger partial charge in [-0.25, -0.2) is 0 Å². The average molecular weight is 206 g/mol. The third-order valence-corrected chi connectivity index (χ3v) is 4.47. The predicted molar refractivity (Wildman–Crippen MR) is 62.6 cm³/mol. The first-order valence-corrected chi connectivity index (χ1v) is 6.13. The molecule has 2 atom stereocenters. The van der Waals surface area contributed by atoms with Crippen molar-refractivity contribution < 1.29 is 4.79 Å². The van der Waals surface area contributed by atoms with E-state index in [1.165, 1.54) is 18.4 Å². The van der Waals surface area contributed by atoms with Crippen molar-refractivity contribution in [2.45, 2.75) is 53.4 Å². The van der Waals surface area contributed by atoms with E-state index in [4.69, 9.17) is 0 Å². The largest absolute Gasteiger partial charge is 0.298 e. The van der Waals surface area contributed by atoms with Crippen molar-refractivity contribution in [1.29, 1.82) is 0 Å². The molecule has 1 nitrogen and oxygen atoms in total. The fourth-order valence-electron chi connectivity index (χ4n) is 3.60. The quantitative estimate of drug-likeness (QED) is 0.552. The third kappa shape index (κ3) is 1.47. The average Bonchev–Trinajstić information content (AvgIpc) is 2.12. The van der Waals surface area contributed by atoms with Gasteiger partial charge in [0.15, 0.2) is 0 Å². The highest BCUT2D eigenvalue weighted by Gasteiger charge is 2.48. The van der Waals surface area contributed by atoms with Gasteiger partial charge in [0, 0.05) is 11.3 Å². The number of fused-ring (bicyclic) bond motifs is 1. The molecule has 0 bridgehead atoms. The van der Waals surface area contributed by atoms with Crippen molar-refractivity contribution in [2.24, 2.45) is 16.7 Å². The van der Waals surface area contributed by atoms with E-state index in [0.29, 0.717) is 5.78 Å². The van der Waals surface area contributed by atoms with E-state index in [1.54, 1.807) is 0 Å². The van der Waals surface area contributed by atoms with Crippen molar-refractivity contribution in [2.75, 3.05) is 0 Å². The molecular weight excluding hydrogens is 184 g/mol. The number of ketones is 1. The molecule has 2 rings (SSSR count). The van der Waals surface area contributed by atoms with E-state index in [2.05, 4.69) is 33.8 Å². The highest BCUT2D eigenvalue weighted by Crippen LogP contribution is 2.54. The Morgan fingerprint density at radius 2 is 1.93 bits per heavy atom. The number of hydrogen-bond donors (Lipinski definition) is 0. The molecule has 0 amide bonds. The summed E-state index contributed by atoms with van der Waals surface area (Å²) in [6.45, 7) is 8.82. The van der Waals surface area contributed by atoms with Crippen LogP contribution in [-0.4, -0.2) is 5.78 Å². The van der Waals surface area contributed by atoms with E-state index in [0.717, 1.165) is 12.8 Å². The second kappa shape index (κ2) is 3.20. The van der Waals surface area contributed by atoms with Gasteiger partial charge in [-0.3, -0.25) is 4.79 Å². The number of carbonyl (C=O) groups is 1. The summed E-state index contributed by atoms with van der Waals surface area (Å²) in [5.74, 6) is 0.709. The van der Waals surface area contributed by atoms with Crippen molar-refractivity contribution >= 4 is 5.78 Å². The number of rotatable bonds is 0. The lowest BCUT2D eigenvalue weighted by Crippen LogP contribution is -2.44. The summed E-state index contributed by atoms with van der Waals surface area (Å²) in [5, 5.41) is 0. The van der Waals surface area contributed by atoms with Crippen LogP contribution < -0.4 is 0 Å². The summed E-state index contributed by atoms with van der Waals surface area (Å²) >= 11 is 0. The lowest BCUT2D eigenvalue weighted by atomic mass is 9.55. The molecule has 0 saturated heterocycles. The van der Waals surface area contributed by atoms with Crippen LogP contribution in [0.3, 0.4) is 0 Å². The normalized spacial score (nSPS) is 39.6. The zero-order valence-corrected chi connectivity index (χ0v) is 10.4. The summed E-state index contributed by atoms with van der Waals surface area (Å²) in [6.07, 6.45) is 6.79. The Morgan fingerprint density at radius 3 is 2.60 bits per heavy atom. The molecule has 0 aromatic carbocycles. The first-order chi connectivity index (χ1) is 6.88. The zero-order chi connectivity index (χ0) is 11.3. The minimum Gasteiger partial charge on any atom is -0.298 e. The van der Waals surface area contributed by atoms with Crippen LogP contribution in [0.2, 0.25) is 0 Å². The van der Waals surface area contributed by atoms with E-state index in [9.17, 15) is 4.79 Å². The first-order valence-electron chi connectivity index (χ1n) is 6.13. The lowest BCUT2D eigenvalue weighted by molar-refractivity contribution is -0.132. The maximum atomic E-state index is 12.3. The molecular formula is C14H22O. The minimum absolute atomic E-state index is 0.139. The maximum Gasteiger partial charge on any atom is 0.145 e. The monoisotopic (exact) mass is 206 g/mol. The van der Waals surface area contributed by atoms with Gasteiger partial charge in [-0.15, -0.1) is 0 Å². The summed E-state index contributed by atoms with van der Waals surface area (Å²) in [4.78, 5) is 12.3. The molecule has 1 heteroatoms. The summed E-state index contributed by atoms with van der Waals surface area (Å²) in [7, 11) is 0. The van der Waals surface area contributed by atoms with Crippen LogP contribution in [0.1, 0.15) is 53.4 Å². The Hall–Kier alpha value is -0.590. The fraction of sp³-hybridized carbons (Fsp3) is 0.786. The van der Waals surface area contributed by atoms with Gasteiger partial charge in [-0.05, 0) is 31.6 Å². The van der Waals surface area contributed by atoms with E-state index in [1.807, 2.05) is 0 Å². The van der Waals surface area contributed by atoms with Gasteiger partial charge >= 0.3 is 0 Å². The molecule has 0 heterocycles. The van der Waals surface area contributed by atoms with Crippen LogP contribution in [-0.2, 0) is 4.79 Å². The topological polar surface area (TPSA) is 17.1 Å². The van der Waals surface area contributed by atoms with Crippen LogP contribution in [0.25, 0.3) is 0 Å². The van der Waals surface area contributed by atoms with Gasteiger partial charge in [0.05, 0.1) is 0 Å². The van der Waals surface area contributed by atoms with Crippen molar-refractivity contribution in [1.82, 2.24) is 0 Å². The van der Waals surface area contributed by atoms with Crippen molar-refractivity contribution in [3.8, 4) is 0 Å². The van der Waals surface area contributed by atoms with E-state index >= 15 is 0 Å². The van der Waals surface area contributed by atoms with Crippen LogP contribution in [0.4, 0.5) is 0 Å². The molecule has 0 N–H and O–H groups in total. The summed E-state index contributed by atoms with van der Waals surface area (Å²) < 4.78 is 0. The molecule has 0 aromatic heterocycles. The van der Waals surface area contributed by atoms with Crippen LogP contribution in [0, 0.1) is 16.7 Å².